The second kappa shape index (κ2) is 9.54. The van der Waals surface area contributed by atoms with E-state index in [2.05, 4.69) is 25.5 Å². The van der Waals surface area contributed by atoms with Gasteiger partial charge in [0.05, 0.1) is 11.0 Å². The molecule has 0 saturated carbocycles. The number of hydrogen-bond acceptors (Lipinski definition) is 3. The van der Waals surface area contributed by atoms with Gasteiger partial charge in [-0.15, -0.1) is 0 Å². The Labute approximate surface area is 198 Å². The molecule has 0 radical (unpaired) electrons. The molecule has 0 unspecified atom stereocenters. The van der Waals surface area contributed by atoms with Crippen LogP contribution in [0.4, 0.5) is 4.39 Å². The van der Waals surface area contributed by atoms with E-state index in [1.54, 1.807) is 18.2 Å². The highest BCUT2D eigenvalue weighted by Crippen LogP contribution is 2.22. The minimum Gasteiger partial charge on any atom is -0.480 e. The molecule has 3 aromatic carbocycles. The molecule has 1 heterocycles. The number of amides is 1. The van der Waals surface area contributed by atoms with Crippen LogP contribution in [0.3, 0.4) is 0 Å². The van der Waals surface area contributed by atoms with Gasteiger partial charge in [-0.25, -0.2) is 9.37 Å². The number of nitrogens with zero attached hydrogens (tertiary/aromatic N) is 3. The Hall–Kier alpha value is -3.52. The SMILES string of the molecule is Cc1nc2cc(C(=O)N(CC(=O)O)Cc3ccc(Br)cc3F)ccc2n1Cc1ccccc1. The largest absolute Gasteiger partial charge is 0.480 e. The molecule has 0 saturated heterocycles. The number of fused-ring (bicyclic) bond motifs is 1. The van der Waals surface area contributed by atoms with E-state index in [1.807, 2.05) is 43.3 Å². The number of aromatic nitrogens is 2. The van der Waals surface area contributed by atoms with Crippen molar-refractivity contribution in [1.82, 2.24) is 14.5 Å². The van der Waals surface area contributed by atoms with Gasteiger partial charge in [-0.05, 0) is 42.8 Å². The molecule has 6 nitrogen and oxygen atoms in total. The van der Waals surface area contributed by atoms with Gasteiger partial charge in [0, 0.05) is 28.7 Å². The number of carboxylic acid groups (broad SMARTS) is 1. The molecule has 1 amide bonds. The summed E-state index contributed by atoms with van der Waals surface area (Å²) in [7, 11) is 0. The molecule has 8 heteroatoms. The molecule has 0 fully saturated rings. The van der Waals surface area contributed by atoms with E-state index < -0.39 is 24.2 Å². The maximum atomic E-state index is 14.3. The van der Waals surface area contributed by atoms with Gasteiger partial charge >= 0.3 is 5.97 Å². The standard InChI is InChI=1S/C25H21BrFN3O3/c1-16-28-22-11-18(8-10-23(22)30(16)13-17-5-3-2-4-6-17)25(33)29(15-24(31)32)14-19-7-9-20(26)12-21(19)27/h2-12H,13-15H2,1H3,(H,31,32). The first-order chi connectivity index (χ1) is 15.8. The Balaban J connectivity index is 1.64. The van der Waals surface area contributed by atoms with E-state index in [4.69, 9.17) is 0 Å². The minimum absolute atomic E-state index is 0.163. The maximum Gasteiger partial charge on any atom is 0.323 e. The summed E-state index contributed by atoms with van der Waals surface area (Å²) < 4.78 is 16.9. The second-order valence-corrected chi connectivity index (χ2v) is 8.64. The van der Waals surface area contributed by atoms with E-state index in [0.29, 0.717) is 22.1 Å². The third-order valence-corrected chi connectivity index (χ3v) is 5.85. The van der Waals surface area contributed by atoms with Crippen molar-refractivity contribution in [1.29, 1.82) is 0 Å². The summed E-state index contributed by atoms with van der Waals surface area (Å²) in [6.07, 6.45) is 0. The van der Waals surface area contributed by atoms with Crippen LogP contribution in [-0.2, 0) is 17.9 Å². The molecule has 168 valence electrons. The molecule has 4 aromatic rings. The fourth-order valence-corrected chi connectivity index (χ4v) is 4.08. The Morgan fingerprint density at radius 3 is 2.55 bits per heavy atom. The van der Waals surface area contributed by atoms with Crippen LogP contribution in [0.1, 0.15) is 27.3 Å². The van der Waals surface area contributed by atoms with Gasteiger partial charge in [-0.3, -0.25) is 9.59 Å². The fraction of sp³-hybridized carbons (Fsp3) is 0.160. The Morgan fingerprint density at radius 2 is 1.85 bits per heavy atom. The van der Waals surface area contributed by atoms with Gasteiger partial charge in [0.2, 0.25) is 0 Å². The Bertz CT molecular complexity index is 1340. The molecule has 1 aromatic heterocycles. The predicted octanol–water partition coefficient (Wildman–Crippen LogP) is 5.02. The summed E-state index contributed by atoms with van der Waals surface area (Å²) in [5, 5.41) is 9.31. The number of imidazole rings is 1. The van der Waals surface area contributed by atoms with Crippen LogP contribution in [0.15, 0.2) is 71.2 Å². The predicted molar refractivity (Wildman–Crippen MR) is 126 cm³/mol. The molecular weight excluding hydrogens is 489 g/mol. The molecule has 4 rings (SSSR count). The third-order valence-electron chi connectivity index (χ3n) is 5.36. The normalized spacial score (nSPS) is 11.0. The van der Waals surface area contributed by atoms with Gasteiger partial charge in [0.15, 0.2) is 0 Å². The van der Waals surface area contributed by atoms with Crippen LogP contribution in [0.25, 0.3) is 11.0 Å². The number of benzene rings is 3. The number of carbonyl (C=O) groups excluding carboxylic acids is 1. The van der Waals surface area contributed by atoms with Crippen molar-refractivity contribution in [3.8, 4) is 0 Å². The number of carbonyl (C=O) groups is 2. The van der Waals surface area contributed by atoms with Gasteiger partial charge < -0.3 is 14.6 Å². The first-order valence-electron chi connectivity index (χ1n) is 10.3. The van der Waals surface area contributed by atoms with Crippen LogP contribution in [0, 0.1) is 12.7 Å². The minimum atomic E-state index is -1.18. The summed E-state index contributed by atoms with van der Waals surface area (Å²) in [4.78, 5) is 30.3. The second-order valence-electron chi connectivity index (χ2n) is 7.72. The number of carboxylic acids is 1. The van der Waals surface area contributed by atoms with Crippen molar-refractivity contribution in [2.75, 3.05) is 6.54 Å². The summed E-state index contributed by atoms with van der Waals surface area (Å²) in [6.45, 7) is 1.83. The Morgan fingerprint density at radius 1 is 1.09 bits per heavy atom. The number of aliphatic carboxylic acids is 1. The third kappa shape index (κ3) is 5.12. The monoisotopic (exact) mass is 509 g/mol. The molecule has 0 spiro atoms. The van der Waals surface area contributed by atoms with Crippen LogP contribution in [-0.4, -0.2) is 38.0 Å². The average molecular weight is 510 g/mol. The topological polar surface area (TPSA) is 75.4 Å². The smallest absolute Gasteiger partial charge is 0.323 e. The lowest BCUT2D eigenvalue weighted by Crippen LogP contribution is -2.35. The molecule has 0 aliphatic rings. The lowest BCUT2D eigenvalue weighted by Gasteiger charge is -2.21. The summed E-state index contributed by atoms with van der Waals surface area (Å²) in [5.74, 6) is -1.39. The number of aryl methyl sites for hydroxylation is 1. The van der Waals surface area contributed by atoms with E-state index in [-0.39, 0.29) is 12.1 Å². The molecule has 0 atom stereocenters. The molecule has 33 heavy (non-hydrogen) atoms. The summed E-state index contributed by atoms with van der Waals surface area (Å²) in [6, 6.07) is 19.6. The number of rotatable bonds is 7. The van der Waals surface area contributed by atoms with Crippen molar-refractivity contribution < 1.29 is 19.1 Å². The Kier molecular flexibility index (Phi) is 6.55. The van der Waals surface area contributed by atoms with Gasteiger partial charge in [-0.2, -0.15) is 0 Å². The van der Waals surface area contributed by atoms with Crippen LogP contribution < -0.4 is 0 Å². The fourth-order valence-electron chi connectivity index (χ4n) is 3.75. The average Bonchev–Trinajstić information content (AvgIpc) is 3.09. The van der Waals surface area contributed by atoms with Crippen molar-refractivity contribution >= 4 is 38.8 Å². The van der Waals surface area contributed by atoms with E-state index in [1.165, 1.54) is 12.1 Å². The van der Waals surface area contributed by atoms with Crippen molar-refractivity contribution in [3.05, 3.63) is 99.5 Å². The van der Waals surface area contributed by atoms with Gasteiger partial charge in [0.25, 0.3) is 5.91 Å². The molecule has 0 bridgehead atoms. The summed E-state index contributed by atoms with van der Waals surface area (Å²) in [5.41, 5.74) is 3.17. The van der Waals surface area contributed by atoms with Crippen molar-refractivity contribution in [3.63, 3.8) is 0 Å². The van der Waals surface area contributed by atoms with Crippen LogP contribution in [0.5, 0.6) is 0 Å². The van der Waals surface area contributed by atoms with E-state index in [0.717, 1.165) is 21.8 Å². The van der Waals surface area contributed by atoms with E-state index in [9.17, 15) is 19.1 Å². The zero-order valence-corrected chi connectivity index (χ0v) is 19.4. The lowest BCUT2D eigenvalue weighted by molar-refractivity contribution is -0.137. The first kappa shape index (κ1) is 22.7. The van der Waals surface area contributed by atoms with Crippen molar-refractivity contribution in [2.45, 2.75) is 20.0 Å². The quantitative estimate of drug-likeness (QED) is 0.379. The van der Waals surface area contributed by atoms with E-state index >= 15 is 0 Å². The molecular formula is C25H21BrFN3O3. The van der Waals surface area contributed by atoms with Gasteiger partial charge in [-0.1, -0.05) is 52.3 Å². The molecule has 1 N–H and O–H groups in total. The maximum absolute atomic E-state index is 14.3. The first-order valence-corrected chi connectivity index (χ1v) is 11.1. The zero-order valence-electron chi connectivity index (χ0n) is 17.8. The highest BCUT2D eigenvalue weighted by molar-refractivity contribution is 9.10. The van der Waals surface area contributed by atoms with Crippen LogP contribution in [0.2, 0.25) is 0 Å². The zero-order chi connectivity index (χ0) is 23.5. The summed E-state index contributed by atoms with van der Waals surface area (Å²) >= 11 is 3.20. The lowest BCUT2D eigenvalue weighted by atomic mass is 10.1. The molecule has 0 aliphatic carbocycles. The highest BCUT2D eigenvalue weighted by Gasteiger charge is 2.21. The highest BCUT2D eigenvalue weighted by atomic mass is 79.9. The van der Waals surface area contributed by atoms with Gasteiger partial charge in [0.1, 0.15) is 18.2 Å². The van der Waals surface area contributed by atoms with Crippen LogP contribution >= 0.6 is 15.9 Å². The van der Waals surface area contributed by atoms with Crippen molar-refractivity contribution in [2.24, 2.45) is 0 Å². The molecule has 0 aliphatic heterocycles. The number of halogens is 2. The number of hydrogen-bond donors (Lipinski definition) is 1.